The van der Waals surface area contributed by atoms with E-state index in [2.05, 4.69) is 10.3 Å². The van der Waals surface area contributed by atoms with E-state index in [0.717, 1.165) is 35.5 Å². The van der Waals surface area contributed by atoms with E-state index in [9.17, 15) is 0 Å². The quantitative estimate of drug-likeness (QED) is 0.700. The molecule has 1 heterocycles. The van der Waals surface area contributed by atoms with Gasteiger partial charge in [-0.3, -0.25) is 0 Å². The van der Waals surface area contributed by atoms with Gasteiger partial charge in [-0.1, -0.05) is 23.7 Å². The smallest absolute Gasteiger partial charge is 0.138 e. The number of halogens is 2. The van der Waals surface area contributed by atoms with E-state index in [4.69, 9.17) is 23.2 Å². The van der Waals surface area contributed by atoms with Gasteiger partial charge in [0.2, 0.25) is 0 Å². The minimum absolute atomic E-state index is 0.135. The Morgan fingerprint density at radius 3 is 2.94 bits per heavy atom. The first-order valence-electron chi connectivity index (χ1n) is 5.21. The van der Waals surface area contributed by atoms with Gasteiger partial charge in [0.15, 0.2) is 0 Å². The van der Waals surface area contributed by atoms with Crippen molar-refractivity contribution < 1.29 is 0 Å². The minimum atomic E-state index is 0.135. The maximum Gasteiger partial charge on any atom is 0.138 e. The number of allylic oxidation sites excluding steroid dienone is 2. The van der Waals surface area contributed by atoms with Crippen LogP contribution < -0.4 is 5.32 Å². The third-order valence-corrected chi connectivity index (χ3v) is 3.45. The molecule has 2 aliphatic rings. The second-order valence-corrected chi connectivity index (χ2v) is 4.98. The predicted octanol–water partition coefficient (Wildman–Crippen LogP) is 3.71. The van der Waals surface area contributed by atoms with Gasteiger partial charge in [-0.15, -0.1) is 11.6 Å². The van der Waals surface area contributed by atoms with Gasteiger partial charge >= 0.3 is 0 Å². The van der Waals surface area contributed by atoms with Crippen LogP contribution in [0, 0.1) is 0 Å². The number of alkyl halides is 1. The van der Waals surface area contributed by atoms with E-state index < -0.39 is 0 Å². The summed E-state index contributed by atoms with van der Waals surface area (Å²) in [7, 11) is 0. The Balaban J connectivity index is 2.10. The molecule has 0 radical (unpaired) electrons. The van der Waals surface area contributed by atoms with E-state index in [0.29, 0.717) is 5.17 Å². The Bertz CT molecular complexity index is 505. The molecule has 0 spiro atoms. The van der Waals surface area contributed by atoms with Crippen LogP contribution in [0.2, 0.25) is 0 Å². The molecule has 2 nitrogen and oxygen atoms in total. The van der Waals surface area contributed by atoms with Crippen LogP contribution in [-0.2, 0) is 0 Å². The summed E-state index contributed by atoms with van der Waals surface area (Å²) in [6.07, 6.45) is 1.62. The second-order valence-electron chi connectivity index (χ2n) is 4.00. The predicted molar refractivity (Wildman–Crippen MR) is 68.4 cm³/mol. The van der Waals surface area contributed by atoms with Gasteiger partial charge in [0, 0.05) is 35.2 Å². The molecule has 1 aliphatic carbocycles. The van der Waals surface area contributed by atoms with Gasteiger partial charge in [-0.05, 0) is 12.1 Å². The molecule has 1 atom stereocenters. The van der Waals surface area contributed by atoms with Crippen molar-refractivity contribution in [3.8, 4) is 0 Å². The fourth-order valence-corrected chi connectivity index (χ4v) is 2.66. The van der Waals surface area contributed by atoms with E-state index in [1.165, 1.54) is 0 Å². The molecule has 0 amide bonds. The zero-order valence-corrected chi connectivity index (χ0v) is 10.0. The van der Waals surface area contributed by atoms with Gasteiger partial charge in [-0.2, -0.15) is 0 Å². The van der Waals surface area contributed by atoms with Gasteiger partial charge in [0.25, 0.3) is 0 Å². The van der Waals surface area contributed by atoms with Crippen molar-refractivity contribution in [3.05, 3.63) is 41.2 Å². The van der Waals surface area contributed by atoms with Crippen molar-refractivity contribution >= 4 is 34.1 Å². The average molecular weight is 253 g/mol. The van der Waals surface area contributed by atoms with Crippen LogP contribution in [0.5, 0.6) is 0 Å². The molecular formula is C12H10Cl2N2. The molecule has 3 rings (SSSR count). The summed E-state index contributed by atoms with van der Waals surface area (Å²) < 4.78 is 0. The molecule has 1 aromatic rings. The first-order chi connectivity index (χ1) is 7.74. The van der Waals surface area contributed by atoms with Crippen molar-refractivity contribution in [1.82, 2.24) is 0 Å². The summed E-state index contributed by atoms with van der Waals surface area (Å²) in [4.78, 5) is 4.44. The number of rotatable bonds is 0. The Hall–Kier alpha value is -0.990. The lowest BCUT2D eigenvalue weighted by Crippen LogP contribution is -2.02. The molecular weight excluding hydrogens is 243 g/mol. The summed E-state index contributed by atoms with van der Waals surface area (Å²) in [5, 5.41) is 4.05. The lowest BCUT2D eigenvalue weighted by Gasteiger charge is -2.09. The van der Waals surface area contributed by atoms with Crippen LogP contribution in [0.4, 0.5) is 5.69 Å². The molecule has 4 heteroatoms. The third-order valence-electron chi connectivity index (χ3n) is 2.86. The Kier molecular flexibility index (Phi) is 2.41. The van der Waals surface area contributed by atoms with Crippen LogP contribution in [0.1, 0.15) is 18.4 Å². The highest BCUT2D eigenvalue weighted by Gasteiger charge is 2.25. The zero-order valence-electron chi connectivity index (χ0n) is 8.50. The van der Waals surface area contributed by atoms with E-state index in [1.54, 1.807) is 0 Å². The summed E-state index contributed by atoms with van der Waals surface area (Å²) in [6, 6.07) is 7.91. The molecule has 0 bridgehead atoms. The fourth-order valence-electron chi connectivity index (χ4n) is 2.09. The molecule has 16 heavy (non-hydrogen) atoms. The number of hydrogen-bond acceptors (Lipinski definition) is 2. The van der Waals surface area contributed by atoms with Gasteiger partial charge in [0.05, 0.1) is 5.70 Å². The van der Waals surface area contributed by atoms with Crippen molar-refractivity contribution in [2.45, 2.75) is 18.2 Å². The number of fused-ring (bicyclic) bond motifs is 1. The van der Waals surface area contributed by atoms with Gasteiger partial charge in [-0.25, -0.2) is 4.99 Å². The monoisotopic (exact) mass is 252 g/mol. The van der Waals surface area contributed by atoms with E-state index in [1.807, 2.05) is 24.3 Å². The SMILES string of the molecule is ClC1=NC2=C(CC(Cl)C2)Nc2ccccc21. The van der Waals surface area contributed by atoms with Crippen molar-refractivity contribution in [3.63, 3.8) is 0 Å². The fraction of sp³-hybridized carbons (Fsp3) is 0.250. The first kappa shape index (κ1) is 10.2. The maximum atomic E-state index is 6.20. The number of nitrogens with one attached hydrogen (secondary N) is 1. The van der Waals surface area contributed by atoms with E-state index in [-0.39, 0.29) is 5.38 Å². The molecule has 0 saturated heterocycles. The topological polar surface area (TPSA) is 24.4 Å². The minimum Gasteiger partial charge on any atom is -0.357 e. The van der Waals surface area contributed by atoms with Crippen molar-refractivity contribution in [2.24, 2.45) is 4.99 Å². The van der Waals surface area contributed by atoms with Gasteiger partial charge < -0.3 is 5.32 Å². The molecule has 0 fully saturated rings. The summed E-state index contributed by atoms with van der Waals surface area (Å²) >= 11 is 12.3. The summed E-state index contributed by atoms with van der Waals surface area (Å²) in [6.45, 7) is 0. The first-order valence-corrected chi connectivity index (χ1v) is 6.02. The lowest BCUT2D eigenvalue weighted by molar-refractivity contribution is 0.900. The van der Waals surface area contributed by atoms with Gasteiger partial charge in [0.1, 0.15) is 5.17 Å². The summed E-state index contributed by atoms with van der Waals surface area (Å²) in [5.41, 5.74) is 4.04. The van der Waals surface area contributed by atoms with Crippen LogP contribution in [0.25, 0.3) is 0 Å². The maximum absolute atomic E-state index is 6.20. The number of nitrogens with zero attached hydrogens (tertiary/aromatic N) is 1. The molecule has 1 N–H and O–H groups in total. The molecule has 1 aromatic carbocycles. The number of aliphatic imine (C=N–C) groups is 1. The highest BCUT2D eigenvalue weighted by molar-refractivity contribution is 6.70. The normalized spacial score (nSPS) is 23.1. The Labute approximate surface area is 104 Å². The van der Waals surface area contributed by atoms with Crippen molar-refractivity contribution in [1.29, 1.82) is 0 Å². The zero-order chi connectivity index (χ0) is 11.1. The van der Waals surface area contributed by atoms with Crippen LogP contribution in [-0.4, -0.2) is 10.5 Å². The molecule has 0 aromatic heterocycles. The van der Waals surface area contributed by atoms with Crippen LogP contribution >= 0.6 is 23.2 Å². The number of para-hydroxylation sites is 1. The second kappa shape index (κ2) is 3.79. The number of benzene rings is 1. The average Bonchev–Trinajstić information content (AvgIpc) is 2.53. The van der Waals surface area contributed by atoms with Crippen LogP contribution in [0.3, 0.4) is 0 Å². The highest BCUT2D eigenvalue weighted by atomic mass is 35.5. The largest absolute Gasteiger partial charge is 0.357 e. The molecule has 0 saturated carbocycles. The third kappa shape index (κ3) is 1.62. The Morgan fingerprint density at radius 1 is 1.25 bits per heavy atom. The number of hydrogen-bond donors (Lipinski definition) is 1. The Morgan fingerprint density at radius 2 is 2.06 bits per heavy atom. The molecule has 1 unspecified atom stereocenters. The standard InChI is InChI=1S/C12H10Cl2N2/c13-7-5-10-11(6-7)16-12(14)8-3-1-2-4-9(8)15-10/h1-4,7,15H,5-6H2. The lowest BCUT2D eigenvalue weighted by atomic mass is 10.2. The summed E-state index contributed by atoms with van der Waals surface area (Å²) in [5.74, 6) is 0. The number of anilines is 1. The highest BCUT2D eigenvalue weighted by Crippen LogP contribution is 2.35. The van der Waals surface area contributed by atoms with E-state index >= 15 is 0 Å². The molecule has 82 valence electrons. The van der Waals surface area contributed by atoms with Crippen molar-refractivity contribution in [2.75, 3.05) is 5.32 Å². The van der Waals surface area contributed by atoms with Crippen LogP contribution in [0.15, 0.2) is 40.7 Å². The molecule has 1 aliphatic heterocycles.